The molecule has 140 valence electrons. The predicted octanol–water partition coefficient (Wildman–Crippen LogP) is 4.39. The molecule has 2 heterocycles. The van der Waals surface area contributed by atoms with Crippen molar-refractivity contribution in [2.75, 3.05) is 0 Å². The second-order valence-corrected chi connectivity index (χ2v) is 6.84. The number of carbonyl (C=O) groups is 1. The molecule has 1 saturated carbocycles. The third-order valence-electron chi connectivity index (χ3n) is 4.97. The average Bonchev–Trinajstić information content (AvgIpc) is 3.01. The number of halogens is 3. The van der Waals surface area contributed by atoms with Crippen molar-refractivity contribution in [2.24, 2.45) is 0 Å². The highest BCUT2D eigenvalue weighted by molar-refractivity contribution is 6.04. The fourth-order valence-electron chi connectivity index (χ4n) is 3.25. The van der Waals surface area contributed by atoms with E-state index in [9.17, 15) is 18.0 Å². The van der Waals surface area contributed by atoms with Crippen LogP contribution in [-0.4, -0.2) is 21.5 Å². The molecule has 0 spiro atoms. The summed E-state index contributed by atoms with van der Waals surface area (Å²) in [5.74, 6) is -0.210. The van der Waals surface area contributed by atoms with Gasteiger partial charge < -0.3 is 9.88 Å². The van der Waals surface area contributed by atoms with Crippen LogP contribution in [0.5, 0.6) is 0 Å². The van der Waals surface area contributed by atoms with Gasteiger partial charge in [-0.15, -0.1) is 0 Å². The highest BCUT2D eigenvalue weighted by Crippen LogP contribution is 2.29. The zero-order chi connectivity index (χ0) is 19.0. The van der Waals surface area contributed by atoms with Gasteiger partial charge in [0, 0.05) is 30.4 Å². The van der Waals surface area contributed by atoms with E-state index in [1.807, 2.05) is 22.9 Å². The summed E-state index contributed by atoms with van der Waals surface area (Å²) < 4.78 is 40.0. The third kappa shape index (κ3) is 3.54. The molecular weight excluding hydrogens is 355 g/mol. The van der Waals surface area contributed by atoms with Gasteiger partial charge in [0.2, 0.25) is 0 Å². The molecule has 0 atom stereocenters. The van der Waals surface area contributed by atoms with Gasteiger partial charge in [-0.2, -0.15) is 13.2 Å². The Morgan fingerprint density at radius 2 is 1.89 bits per heavy atom. The van der Waals surface area contributed by atoms with Crippen molar-refractivity contribution in [3.63, 3.8) is 0 Å². The second kappa shape index (κ2) is 6.72. The number of rotatable bonds is 4. The molecule has 0 aliphatic heterocycles. The summed E-state index contributed by atoms with van der Waals surface area (Å²) in [6, 6.07) is 8.96. The van der Waals surface area contributed by atoms with Gasteiger partial charge in [-0.25, -0.2) is 4.98 Å². The van der Waals surface area contributed by atoms with Crippen LogP contribution in [0.15, 0.2) is 48.8 Å². The van der Waals surface area contributed by atoms with E-state index in [0.29, 0.717) is 17.8 Å². The SMILES string of the molecule is O=C(NC1CCC1)c1nccc2ccn(Cc3ccc(C(F)(F)F)cc3)c12. The lowest BCUT2D eigenvalue weighted by molar-refractivity contribution is -0.137. The molecule has 1 amide bonds. The molecule has 0 unspecified atom stereocenters. The number of amides is 1. The summed E-state index contributed by atoms with van der Waals surface area (Å²) in [5, 5.41) is 3.86. The Bertz CT molecular complexity index is 972. The third-order valence-corrected chi connectivity index (χ3v) is 4.97. The Balaban J connectivity index is 1.63. The lowest BCUT2D eigenvalue weighted by Gasteiger charge is -2.26. The minimum Gasteiger partial charge on any atom is -0.348 e. The average molecular weight is 373 g/mol. The van der Waals surface area contributed by atoms with Gasteiger partial charge in [0.15, 0.2) is 5.69 Å². The van der Waals surface area contributed by atoms with Crippen LogP contribution in [0, 0.1) is 0 Å². The molecule has 1 aliphatic rings. The molecule has 1 N–H and O–H groups in total. The minimum absolute atomic E-state index is 0.202. The van der Waals surface area contributed by atoms with E-state index in [1.54, 1.807) is 6.20 Å². The molecule has 4 rings (SSSR count). The minimum atomic E-state index is -4.35. The van der Waals surface area contributed by atoms with Crippen LogP contribution in [0.2, 0.25) is 0 Å². The highest BCUT2D eigenvalue weighted by Gasteiger charge is 2.30. The molecule has 27 heavy (non-hydrogen) atoms. The van der Waals surface area contributed by atoms with Crippen molar-refractivity contribution < 1.29 is 18.0 Å². The molecule has 1 aromatic carbocycles. The van der Waals surface area contributed by atoms with Crippen molar-refractivity contribution in [3.8, 4) is 0 Å². The Morgan fingerprint density at radius 1 is 1.15 bits per heavy atom. The molecule has 0 saturated heterocycles. The van der Waals surface area contributed by atoms with Crippen molar-refractivity contribution in [1.82, 2.24) is 14.9 Å². The Labute approximate surface area is 154 Å². The molecule has 2 aromatic heterocycles. The molecule has 7 heteroatoms. The van der Waals surface area contributed by atoms with E-state index in [1.165, 1.54) is 12.1 Å². The standard InChI is InChI=1S/C20H18F3N3O/c21-20(22,23)15-6-4-13(5-7-15)12-26-11-9-14-8-10-24-17(18(14)26)19(27)25-16-2-1-3-16/h4-11,16H,1-3,12H2,(H,25,27). The number of benzene rings is 1. The first-order valence-electron chi connectivity index (χ1n) is 8.83. The van der Waals surface area contributed by atoms with Crippen molar-refractivity contribution >= 4 is 16.8 Å². The van der Waals surface area contributed by atoms with Crippen LogP contribution in [0.25, 0.3) is 10.9 Å². The molecule has 0 bridgehead atoms. The quantitative estimate of drug-likeness (QED) is 0.738. The summed E-state index contributed by atoms with van der Waals surface area (Å²) in [4.78, 5) is 16.9. The summed E-state index contributed by atoms with van der Waals surface area (Å²) in [5.41, 5.74) is 1.08. The first-order chi connectivity index (χ1) is 12.9. The summed E-state index contributed by atoms with van der Waals surface area (Å²) in [7, 11) is 0. The lowest BCUT2D eigenvalue weighted by Crippen LogP contribution is -2.40. The van der Waals surface area contributed by atoms with E-state index < -0.39 is 11.7 Å². The maximum absolute atomic E-state index is 12.7. The Kier molecular flexibility index (Phi) is 4.37. The molecule has 0 radical (unpaired) electrons. The Hall–Kier alpha value is -2.83. The number of hydrogen-bond donors (Lipinski definition) is 1. The van der Waals surface area contributed by atoms with E-state index in [2.05, 4.69) is 10.3 Å². The normalized spacial score (nSPS) is 14.9. The van der Waals surface area contributed by atoms with E-state index in [-0.39, 0.29) is 11.9 Å². The fourth-order valence-corrected chi connectivity index (χ4v) is 3.25. The maximum atomic E-state index is 12.7. The summed E-state index contributed by atoms with van der Waals surface area (Å²) in [6.45, 7) is 0.358. The predicted molar refractivity (Wildman–Crippen MR) is 95.4 cm³/mol. The van der Waals surface area contributed by atoms with Gasteiger partial charge in [0.1, 0.15) is 0 Å². The van der Waals surface area contributed by atoms with Gasteiger partial charge in [-0.05, 0) is 49.1 Å². The van der Waals surface area contributed by atoms with Crippen LogP contribution in [-0.2, 0) is 12.7 Å². The zero-order valence-corrected chi connectivity index (χ0v) is 14.5. The number of hydrogen-bond acceptors (Lipinski definition) is 2. The number of aromatic nitrogens is 2. The summed E-state index contributed by atoms with van der Waals surface area (Å²) >= 11 is 0. The smallest absolute Gasteiger partial charge is 0.348 e. The molecule has 1 fully saturated rings. The monoisotopic (exact) mass is 373 g/mol. The van der Waals surface area contributed by atoms with Crippen LogP contribution in [0.3, 0.4) is 0 Å². The fraction of sp³-hybridized carbons (Fsp3) is 0.300. The van der Waals surface area contributed by atoms with E-state index >= 15 is 0 Å². The number of nitrogens with zero attached hydrogens (tertiary/aromatic N) is 2. The molecule has 1 aliphatic carbocycles. The molecular formula is C20H18F3N3O. The van der Waals surface area contributed by atoms with Gasteiger partial charge in [-0.1, -0.05) is 12.1 Å². The number of nitrogens with one attached hydrogen (secondary N) is 1. The van der Waals surface area contributed by atoms with Crippen molar-refractivity contribution in [2.45, 2.75) is 38.0 Å². The number of fused-ring (bicyclic) bond motifs is 1. The number of pyridine rings is 1. The van der Waals surface area contributed by atoms with Crippen LogP contribution in [0.1, 0.15) is 40.9 Å². The number of alkyl halides is 3. The second-order valence-electron chi connectivity index (χ2n) is 6.84. The highest BCUT2D eigenvalue weighted by atomic mass is 19.4. The van der Waals surface area contributed by atoms with E-state index in [0.717, 1.165) is 42.3 Å². The van der Waals surface area contributed by atoms with Crippen LogP contribution < -0.4 is 5.32 Å². The largest absolute Gasteiger partial charge is 0.416 e. The molecule has 3 aromatic rings. The zero-order valence-electron chi connectivity index (χ0n) is 14.5. The topological polar surface area (TPSA) is 46.9 Å². The van der Waals surface area contributed by atoms with Gasteiger partial charge in [0.25, 0.3) is 5.91 Å². The van der Waals surface area contributed by atoms with Gasteiger partial charge in [0.05, 0.1) is 11.1 Å². The number of carbonyl (C=O) groups excluding carboxylic acids is 1. The lowest BCUT2D eigenvalue weighted by atomic mass is 9.93. The maximum Gasteiger partial charge on any atom is 0.416 e. The van der Waals surface area contributed by atoms with Crippen molar-refractivity contribution in [3.05, 3.63) is 65.6 Å². The summed E-state index contributed by atoms with van der Waals surface area (Å²) in [6.07, 6.45) is 2.15. The van der Waals surface area contributed by atoms with Gasteiger partial charge >= 0.3 is 6.18 Å². The van der Waals surface area contributed by atoms with Crippen LogP contribution >= 0.6 is 0 Å². The first kappa shape index (κ1) is 17.6. The van der Waals surface area contributed by atoms with Gasteiger partial charge in [-0.3, -0.25) is 4.79 Å². The van der Waals surface area contributed by atoms with Crippen LogP contribution in [0.4, 0.5) is 13.2 Å². The first-order valence-corrected chi connectivity index (χ1v) is 8.83. The van der Waals surface area contributed by atoms with Crippen molar-refractivity contribution in [1.29, 1.82) is 0 Å². The molecule has 4 nitrogen and oxygen atoms in total. The Morgan fingerprint density at radius 3 is 2.52 bits per heavy atom. The van der Waals surface area contributed by atoms with E-state index in [4.69, 9.17) is 0 Å².